The minimum atomic E-state index is -5.08. The van der Waals surface area contributed by atoms with E-state index in [2.05, 4.69) is 15.3 Å². The minimum absolute atomic E-state index is 0.173. The number of aromatic amines is 1. The van der Waals surface area contributed by atoms with Crippen molar-refractivity contribution in [3.05, 3.63) is 52.1 Å². The third-order valence-corrected chi connectivity index (χ3v) is 4.93. The molecule has 3 rings (SSSR count). The molecule has 0 bridgehead atoms. The van der Waals surface area contributed by atoms with Gasteiger partial charge in [-0.3, -0.25) is 4.79 Å². The molecule has 3 aromatic rings. The Hall–Kier alpha value is -2.66. The van der Waals surface area contributed by atoms with Crippen molar-refractivity contribution in [2.75, 3.05) is 6.54 Å². The number of nitrogens with one attached hydrogen (secondary N) is 2. The topological polar surface area (TPSA) is 95.1 Å². The Morgan fingerprint density at radius 3 is 2.54 bits per heavy atom. The molecule has 150 valence electrons. The van der Waals surface area contributed by atoms with Gasteiger partial charge in [-0.25, -0.2) is 14.2 Å². The fourth-order valence-electron chi connectivity index (χ4n) is 2.03. The molecule has 12 heteroatoms. The molecule has 1 amide bonds. The van der Waals surface area contributed by atoms with Crippen LogP contribution < -0.4 is 5.32 Å². The first kappa shape index (κ1) is 21.6. The number of aromatic nitrogens is 2. The van der Waals surface area contributed by atoms with Crippen molar-refractivity contribution in [1.82, 2.24) is 15.3 Å². The second kappa shape index (κ2) is 9.02. The molecule has 0 saturated heterocycles. The second-order valence-corrected chi connectivity index (χ2v) is 6.67. The Morgan fingerprint density at radius 1 is 1.32 bits per heavy atom. The fourth-order valence-corrected chi connectivity index (χ4v) is 3.50. The van der Waals surface area contributed by atoms with Crippen molar-refractivity contribution in [3.63, 3.8) is 0 Å². The third kappa shape index (κ3) is 5.42. The number of halogens is 5. The summed E-state index contributed by atoms with van der Waals surface area (Å²) in [5.41, 5.74) is 0.934. The Kier molecular flexibility index (Phi) is 6.97. The first-order valence-electron chi connectivity index (χ1n) is 7.53. The molecule has 3 N–H and O–H groups in total. The smallest absolute Gasteiger partial charge is 0.475 e. The summed E-state index contributed by atoms with van der Waals surface area (Å²) < 4.78 is 46.1. The number of fused-ring (bicyclic) bond motifs is 1. The second-order valence-electron chi connectivity index (χ2n) is 5.24. The zero-order chi connectivity index (χ0) is 20.9. The normalized spacial score (nSPS) is 11.0. The molecule has 1 aromatic carbocycles. The van der Waals surface area contributed by atoms with E-state index in [1.165, 1.54) is 17.4 Å². The van der Waals surface area contributed by atoms with Crippen molar-refractivity contribution in [1.29, 1.82) is 0 Å². The molecule has 0 aliphatic carbocycles. The largest absolute Gasteiger partial charge is 0.490 e. The molecule has 0 saturated carbocycles. The summed E-state index contributed by atoms with van der Waals surface area (Å²) in [7, 11) is 0. The summed E-state index contributed by atoms with van der Waals surface area (Å²) in [6.07, 6.45) is -1.15. The van der Waals surface area contributed by atoms with Crippen molar-refractivity contribution in [2.45, 2.75) is 12.6 Å². The number of imidazole rings is 1. The van der Waals surface area contributed by atoms with Crippen LogP contribution in [0.25, 0.3) is 10.1 Å². The number of thiophene rings is 1. The van der Waals surface area contributed by atoms with E-state index < -0.39 is 18.0 Å². The molecule has 2 aromatic heterocycles. The first-order valence-corrected chi connectivity index (χ1v) is 8.72. The zero-order valence-electron chi connectivity index (χ0n) is 13.8. The van der Waals surface area contributed by atoms with Gasteiger partial charge in [0.1, 0.15) is 10.7 Å². The lowest BCUT2D eigenvalue weighted by molar-refractivity contribution is -0.192. The molecule has 0 aliphatic heterocycles. The van der Waals surface area contributed by atoms with Crippen molar-refractivity contribution in [2.24, 2.45) is 0 Å². The van der Waals surface area contributed by atoms with Crippen LogP contribution in [0.2, 0.25) is 5.02 Å². The van der Waals surface area contributed by atoms with Gasteiger partial charge in [-0.2, -0.15) is 13.2 Å². The van der Waals surface area contributed by atoms with Gasteiger partial charge in [0.25, 0.3) is 5.91 Å². The Bertz CT molecular complexity index is 974. The SMILES string of the molecule is O=C(NCCc1cnc[nH]1)c1sc2cccc(F)c2c1Cl.O=C(O)C(F)(F)F. The van der Waals surface area contributed by atoms with E-state index in [0.29, 0.717) is 27.9 Å². The predicted octanol–water partition coefficient (Wildman–Crippen LogP) is 4.02. The number of carbonyl (C=O) groups excluding carboxylic acids is 1. The summed E-state index contributed by atoms with van der Waals surface area (Å²) in [6, 6.07) is 4.68. The molecule has 0 fully saturated rings. The van der Waals surface area contributed by atoms with Crippen LogP contribution in [0, 0.1) is 5.82 Å². The molecular weight excluding hydrogens is 426 g/mol. The highest BCUT2D eigenvalue weighted by Gasteiger charge is 2.38. The number of carbonyl (C=O) groups is 2. The van der Waals surface area contributed by atoms with Gasteiger partial charge in [-0.05, 0) is 12.1 Å². The van der Waals surface area contributed by atoms with E-state index in [0.717, 1.165) is 5.69 Å². The maximum absolute atomic E-state index is 13.7. The number of nitrogens with zero attached hydrogens (tertiary/aromatic N) is 1. The number of rotatable bonds is 4. The van der Waals surface area contributed by atoms with Gasteiger partial charge >= 0.3 is 12.1 Å². The van der Waals surface area contributed by atoms with E-state index in [4.69, 9.17) is 21.5 Å². The number of amides is 1. The van der Waals surface area contributed by atoms with Crippen LogP contribution in [0.4, 0.5) is 17.6 Å². The van der Waals surface area contributed by atoms with Gasteiger partial charge in [0.05, 0.1) is 11.3 Å². The third-order valence-electron chi connectivity index (χ3n) is 3.29. The number of H-pyrrole nitrogens is 1. The van der Waals surface area contributed by atoms with Gasteiger partial charge in [0.2, 0.25) is 0 Å². The molecule has 0 spiro atoms. The van der Waals surface area contributed by atoms with Crippen molar-refractivity contribution in [3.8, 4) is 0 Å². The molecule has 0 unspecified atom stereocenters. The number of carboxylic acids is 1. The van der Waals surface area contributed by atoms with Crippen molar-refractivity contribution >= 4 is 44.9 Å². The molecule has 6 nitrogen and oxygen atoms in total. The average Bonchev–Trinajstić information content (AvgIpc) is 3.23. The Morgan fingerprint density at radius 2 is 2.00 bits per heavy atom. The van der Waals surface area contributed by atoms with Crippen molar-refractivity contribution < 1.29 is 32.3 Å². The van der Waals surface area contributed by atoms with Crippen LogP contribution in [-0.4, -0.2) is 39.7 Å². The number of hydrogen-bond acceptors (Lipinski definition) is 4. The van der Waals surface area contributed by atoms with E-state index in [1.54, 1.807) is 24.7 Å². The highest BCUT2D eigenvalue weighted by Crippen LogP contribution is 2.36. The number of hydrogen-bond donors (Lipinski definition) is 3. The lowest BCUT2D eigenvalue weighted by Crippen LogP contribution is -2.25. The fraction of sp³-hybridized carbons (Fsp3) is 0.188. The summed E-state index contributed by atoms with van der Waals surface area (Å²) in [6.45, 7) is 0.452. The highest BCUT2D eigenvalue weighted by molar-refractivity contribution is 7.21. The standard InChI is InChI=1S/C14H11ClFN3OS.C2HF3O2/c15-12-11-9(16)2-1-3-10(11)21-13(12)14(20)18-5-4-8-6-17-7-19-8;3-2(4,5)1(6)7/h1-3,6-7H,4-5H2,(H,17,19)(H,18,20);(H,6,7). The molecular formula is C16H12ClF4N3O3S. The minimum Gasteiger partial charge on any atom is -0.475 e. The number of benzene rings is 1. The highest BCUT2D eigenvalue weighted by atomic mass is 35.5. The molecule has 0 atom stereocenters. The summed E-state index contributed by atoms with van der Waals surface area (Å²) in [5.74, 6) is -3.46. The predicted molar refractivity (Wildman–Crippen MR) is 95.1 cm³/mol. The lowest BCUT2D eigenvalue weighted by Gasteiger charge is -2.02. The van der Waals surface area contributed by atoms with Crippen LogP contribution in [0.5, 0.6) is 0 Å². The van der Waals surface area contributed by atoms with Gasteiger partial charge in [0.15, 0.2) is 0 Å². The lowest BCUT2D eigenvalue weighted by atomic mass is 10.2. The van der Waals surface area contributed by atoms with Crippen LogP contribution in [0.15, 0.2) is 30.7 Å². The summed E-state index contributed by atoms with van der Waals surface area (Å²) in [4.78, 5) is 28.2. The first-order chi connectivity index (χ1) is 13.1. The maximum Gasteiger partial charge on any atom is 0.490 e. The Labute approximate surface area is 164 Å². The zero-order valence-corrected chi connectivity index (χ0v) is 15.4. The number of carboxylic acid groups (broad SMARTS) is 1. The maximum atomic E-state index is 13.7. The van der Waals surface area contributed by atoms with E-state index in [1.807, 2.05) is 0 Å². The average molecular weight is 438 g/mol. The van der Waals surface area contributed by atoms with Gasteiger partial charge in [0, 0.05) is 34.9 Å². The van der Waals surface area contributed by atoms with E-state index in [-0.39, 0.29) is 10.9 Å². The van der Waals surface area contributed by atoms with Gasteiger partial charge < -0.3 is 15.4 Å². The molecule has 28 heavy (non-hydrogen) atoms. The van der Waals surface area contributed by atoms with Crippen LogP contribution in [0.3, 0.4) is 0 Å². The van der Waals surface area contributed by atoms with Gasteiger partial charge in [-0.15, -0.1) is 11.3 Å². The van der Waals surface area contributed by atoms with Crippen LogP contribution in [-0.2, 0) is 11.2 Å². The monoisotopic (exact) mass is 437 g/mol. The summed E-state index contributed by atoms with van der Waals surface area (Å²) in [5, 5.41) is 10.4. The number of alkyl halides is 3. The quantitative estimate of drug-likeness (QED) is 0.537. The molecule has 2 heterocycles. The molecule has 0 radical (unpaired) electrons. The van der Waals surface area contributed by atoms with Crippen LogP contribution >= 0.6 is 22.9 Å². The molecule has 0 aliphatic rings. The summed E-state index contributed by atoms with van der Waals surface area (Å²) >= 11 is 7.32. The Balaban J connectivity index is 0.000000345. The van der Waals surface area contributed by atoms with E-state index >= 15 is 0 Å². The van der Waals surface area contributed by atoms with Gasteiger partial charge in [-0.1, -0.05) is 17.7 Å². The van der Waals surface area contributed by atoms with E-state index in [9.17, 15) is 22.4 Å². The van der Waals surface area contributed by atoms with Crippen LogP contribution in [0.1, 0.15) is 15.4 Å². The number of aliphatic carboxylic acids is 1.